The quantitative estimate of drug-likeness (QED) is 0.0975. The van der Waals surface area contributed by atoms with Crippen molar-refractivity contribution in [2.24, 2.45) is 5.92 Å². The average Bonchev–Trinajstić information content (AvgIpc) is 3.86. The van der Waals surface area contributed by atoms with Gasteiger partial charge in [0.25, 0.3) is 0 Å². The number of carbonyl (C=O) groups excluding carboxylic acids is 3. The highest BCUT2D eigenvalue weighted by molar-refractivity contribution is 5.93. The molecule has 3 aromatic rings. The maximum absolute atomic E-state index is 14.7. The van der Waals surface area contributed by atoms with Crippen molar-refractivity contribution in [2.75, 3.05) is 46.3 Å². The van der Waals surface area contributed by atoms with Gasteiger partial charge in [0.2, 0.25) is 17.7 Å². The van der Waals surface area contributed by atoms with Gasteiger partial charge in [-0.25, -0.2) is 0 Å². The molecule has 0 radical (unpaired) electrons. The van der Waals surface area contributed by atoms with Gasteiger partial charge in [-0.2, -0.15) is 0 Å². The molecule has 3 heterocycles. The number of hydrogen-bond donors (Lipinski definition) is 2. The Morgan fingerprint density at radius 1 is 0.778 bits per heavy atom. The zero-order valence-electron chi connectivity index (χ0n) is 32.7. The summed E-state index contributed by atoms with van der Waals surface area (Å²) in [5, 5.41) is 14.2. The lowest BCUT2D eigenvalue weighted by molar-refractivity contribution is -0.917. The van der Waals surface area contributed by atoms with E-state index in [4.69, 9.17) is 0 Å². The number of aliphatic hydroxyl groups excluding tert-OH is 1. The molecular formula is C46H63N4O4+. The summed E-state index contributed by atoms with van der Waals surface area (Å²) in [5.74, 6) is -0.0935. The van der Waals surface area contributed by atoms with Crippen molar-refractivity contribution in [3.05, 3.63) is 108 Å². The van der Waals surface area contributed by atoms with Crippen molar-refractivity contribution in [3.8, 4) is 0 Å². The molecule has 290 valence electrons. The topological polar surface area (TPSA) is 89.9 Å². The molecule has 3 fully saturated rings. The van der Waals surface area contributed by atoms with Crippen molar-refractivity contribution in [2.45, 2.75) is 108 Å². The molecule has 0 saturated carbocycles. The molecule has 3 aliphatic rings. The van der Waals surface area contributed by atoms with Gasteiger partial charge >= 0.3 is 0 Å². The van der Waals surface area contributed by atoms with Crippen molar-refractivity contribution < 1.29 is 24.0 Å². The van der Waals surface area contributed by atoms with Crippen LogP contribution in [0.2, 0.25) is 0 Å². The number of carbonyl (C=O) groups is 3. The fourth-order valence-electron chi connectivity index (χ4n) is 9.69. The Morgan fingerprint density at radius 2 is 1.37 bits per heavy atom. The van der Waals surface area contributed by atoms with E-state index in [1.807, 2.05) is 54.6 Å². The number of likely N-dealkylation sites (tertiary alicyclic amines) is 3. The highest BCUT2D eigenvalue weighted by Gasteiger charge is 2.47. The van der Waals surface area contributed by atoms with Crippen LogP contribution in [-0.4, -0.2) is 102 Å². The second-order valence-corrected chi connectivity index (χ2v) is 16.6. The van der Waals surface area contributed by atoms with Gasteiger partial charge in [-0.1, -0.05) is 124 Å². The molecule has 6 rings (SSSR count). The van der Waals surface area contributed by atoms with Crippen LogP contribution >= 0.6 is 0 Å². The molecule has 8 heteroatoms. The standard InChI is InChI=1S/C46H62N4O4/c1-3-4-5-6-7-17-29-50(2)30-19-20-36(35-50)33-47-44(53)41-27-18-28-48(41)45(54)42-31-40(51)34-49(42)43(52)32-46(37-21-11-8-12-22-37,38-23-13-9-14-24-38)39-25-15-10-16-26-39/h8-16,21-26,36,40-42,51H,3-7,17-20,27-35H2,1-2H3/p+1/t36-,40-,41-,42+,50+/m1/s1. The van der Waals surface area contributed by atoms with E-state index >= 15 is 0 Å². The van der Waals surface area contributed by atoms with E-state index in [1.54, 1.807) is 9.80 Å². The number of rotatable bonds is 16. The highest BCUT2D eigenvalue weighted by Crippen LogP contribution is 2.43. The van der Waals surface area contributed by atoms with Crippen LogP contribution in [0.1, 0.15) is 101 Å². The number of piperidine rings is 1. The molecule has 2 N–H and O–H groups in total. The van der Waals surface area contributed by atoms with Crippen LogP contribution in [0.15, 0.2) is 91.0 Å². The van der Waals surface area contributed by atoms with Crippen molar-refractivity contribution >= 4 is 17.7 Å². The van der Waals surface area contributed by atoms with Gasteiger partial charge in [-0.05, 0) is 55.2 Å². The lowest BCUT2D eigenvalue weighted by Gasteiger charge is -2.41. The van der Waals surface area contributed by atoms with Crippen LogP contribution in [0.4, 0.5) is 0 Å². The highest BCUT2D eigenvalue weighted by atomic mass is 16.3. The number of hydrogen-bond acceptors (Lipinski definition) is 4. The second-order valence-electron chi connectivity index (χ2n) is 16.6. The number of amides is 3. The Morgan fingerprint density at radius 3 is 1.98 bits per heavy atom. The van der Waals surface area contributed by atoms with Gasteiger partial charge in [0.05, 0.1) is 38.2 Å². The minimum Gasteiger partial charge on any atom is -0.391 e. The fourth-order valence-corrected chi connectivity index (χ4v) is 9.69. The van der Waals surface area contributed by atoms with E-state index in [1.165, 1.54) is 58.0 Å². The summed E-state index contributed by atoms with van der Waals surface area (Å²) in [5.41, 5.74) is 2.12. The van der Waals surface area contributed by atoms with E-state index in [-0.39, 0.29) is 37.1 Å². The number of benzene rings is 3. The van der Waals surface area contributed by atoms with E-state index in [2.05, 4.69) is 55.7 Å². The SMILES string of the molecule is CCCCCCCC[N@@+]1(C)CCC[C@H](CNC(=O)[C@H]2CCCN2C(=O)[C@@H]2C[C@@H](O)CN2C(=O)CC(c2ccccc2)(c2ccccc2)c2ccccc2)C1. The molecule has 3 aliphatic heterocycles. The summed E-state index contributed by atoms with van der Waals surface area (Å²) in [4.78, 5) is 46.2. The normalized spacial score (nSPS) is 24.4. The Bertz CT molecular complexity index is 1560. The number of nitrogens with one attached hydrogen (secondary N) is 1. The summed E-state index contributed by atoms with van der Waals surface area (Å²) < 4.78 is 1.08. The van der Waals surface area contributed by atoms with Crippen molar-refractivity contribution in [1.82, 2.24) is 15.1 Å². The number of quaternary nitrogens is 1. The first-order valence-corrected chi connectivity index (χ1v) is 20.8. The molecular weight excluding hydrogens is 673 g/mol. The summed E-state index contributed by atoms with van der Waals surface area (Å²) in [6.45, 7) is 6.94. The molecule has 0 unspecified atom stereocenters. The predicted octanol–water partition coefficient (Wildman–Crippen LogP) is 6.70. The van der Waals surface area contributed by atoms with Gasteiger partial charge in [-0.3, -0.25) is 14.4 Å². The molecule has 0 aliphatic carbocycles. The smallest absolute Gasteiger partial charge is 0.246 e. The van der Waals surface area contributed by atoms with Crippen molar-refractivity contribution in [1.29, 1.82) is 0 Å². The molecule has 0 bridgehead atoms. The van der Waals surface area contributed by atoms with E-state index < -0.39 is 23.6 Å². The minimum absolute atomic E-state index is 0.0864. The van der Waals surface area contributed by atoms with Crippen LogP contribution in [0.3, 0.4) is 0 Å². The molecule has 3 saturated heterocycles. The third kappa shape index (κ3) is 9.26. The Hall–Kier alpha value is -4.01. The van der Waals surface area contributed by atoms with Crippen LogP contribution in [0.5, 0.6) is 0 Å². The first kappa shape index (κ1) is 39.7. The van der Waals surface area contributed by atoms with E-state index in [0.717, 1.165) is 40.6 Å². The second kappa shape index (κ2) is 18.5. The van der Waals surface area contributed by atoms with E-state index in [0.29, 0.717) is 25.4 Å². The minimum atomic E-state index is -0.820. The van der Waals surface area contributed by atoms with Crippen LogP contribution in [-0.2, 0) is 19.8 Å². The van der Waals surface area contributed by atoms with Gasteiger partial charge in [0.15, 0.2) is 0 Å². The third-order valence-corrected chi connectivity index (χ3v) is 12.6. The van der Waals surface area contributed by atoms with Gasteiger partial charge < -0.3 is 24.7 Å². The van der Waals surface area contributed by atoms with Crippen LogP contribution in [0, 0.1) is 5.92 Å². The molecule has 8 nitrogen and oxygen atoms in total. The summed E-state index contributed by atoms with van der Waals surface area (Å²) >= 11 is 0. The van der Waals surface area contributed by atoms with Gasteiger partial charge in [0, 0.05) is 38.4 Å². The van der Waals surface area contributed by atoms with Gasteiger partial charge in [-0.15, -0.1) is 0 Å². The number of aliphatic hydroxyl groups is 1. The largest absolute Gasteiger partial charge is 0.391 e. The predicted molar refractivity (Wildman–Crippen MR) is 215 cm³/mol. The molecule has 0 aromatic heterocycles. The lowest BCUT2D eigenvalue weighted by Crippen LogP contribution is -2.55. The zero-order chi connectivity index (χ0) is 38.0. The molecule has 0 spiro atoms. The van der Waals surface area contributed by atoms with E-state index in [9.17, 15) is 19.5 Å². The number of nitrogens with zero attached hydrogens (tertiary/aromatic N) is 3. The average molecular weight is 736 g/mol. The fraction of sp³-hybridized carbons (Fsp3) is 0.543. The lowest BCUT2D eigenvalue weighted by atomic mass is 9.67. The Kier molecular flexibility index (Phi) is 13.6. The molecule has 3 aromatic carbocycles. The number of unbranched alkanes of at least 4 members (excludes halogenated alkanes) is 5. The Balaban J connectivity index is 1.13. The molecule has 3 amide bonds. The summed E-state index contributed by atoms with van der Waals surface area (Å²) in [7, 11) is 2.38. The van der Waals surface area contributed by atoms with Crippen LogP contribution in [0.25, 0.3) is 0 Å². The third-order valence-electron chi connectivity index (χ3n) is 12.6. The summed E-state index contributed by atoms with van der Waals surface area (Å²) in [6.07, 6.45) is 10.9. The first-order valence-electron chi connectivity index (χ1n) is 20.8. The maximum atomic E-state index is 14.7. The van der Waals surface area contributed by atoms with Gasteiger partial charge in [0.1, 0.15) is 12.1 Å². The van der Waals surface area contributed by atoms with Crippen LogP contribution < -0.4 is 5.32 Å². The monoisotopic (exact) mass is 735 g/mol. The number of β-amino-alcohol motifs (C(OH)–C–C–N with tert-alkyl or cyclic N) is 1. The maximum Gasteiger partial charge on any atom is 0.246 e. The Labute approximate surface area is 323 Å². The zero-order valence-corrected chi connectivity index (χ0v) is 32.7. The summed E-state index contributed by atoms with van der Waals surface area (Å²) in [6, 6.07) is 28.9. The molecule has 5 atom stereocenters. The first-order chi connectivity index (χ1) is 26.2. The molecule has 54 heavy (non-hydrogen) atoms. The van der Waals surface area contributed by atoms with Crippen molar-refractivity contribution in [3.63, 3.8) is 0 Å².